The maximum atomic E-state index is 12.0. The molecule has 1 saturated heterocycles. The predicted octanol–water partition coefficient (Wildman–Crippen LogP) is 0.765. The lowest BCUT2D eigenvalue weighted by molar-refractivity contribution is -0.0528. The Bertz CT molecular complexity index is 478. The largest absolute Gasteiger partial charge is 0.495 e. The van der Waals surface area contributed by atoms with E-state index in [0.29, 0.717) is 23.6 Å². The van der Waals surface area contributed by atoms with Gasteiger partial charge < -0.3 is 24.8 Å². The molecule has 1 aromatic rings. The fourth-order valence-corrected chi connectivity index (χ4v) is 2.11. The van der Waals surface area contributed by atoms with E-state index in [0.717, 1.165) is 13.1 Å². The Morgan fingerprint density at radius 1 is 1.55 bits per heavy atom. The van der Waals surface area contributed by atoms with Gasteiger partial charge in [-0.05, 0) is 19.2 Å². The summed E-state index contributed by atoms with van der Waals surface area (Å²) in [6.45, 7) is 2.52. The fraction of sp³-hybridized carbons (Fsp3) is 0.500. The van der Waals surface area contributed by atoms with Crippen molar-refractivity contribution in [2.24, 2.45) is 0 Å². The number of esters is 1. The summed E-state index contributed by atoms with van der Waals surface area (Å²) in [6, 6.07) is 5.02. The number of morpholine rings is 1. The van der Waals surface area contributed by atoms with E-state index >= 15 is 0 Å². The number of benzene rings is 1. The number of methoxy groups -OCH3 is 1. The zero-order valence-corrected chi connectivity index (χ0v) is 11.8. The first-order chi connectivity index (χ1) is 9.61. The van der Waals surface area contributed by atoms with E-state index < -0.39 is 5.97 Å². The van der Waals surface area contributed by atoms with Crippen LogP contribution in [-0.2, 0) is 9.47 Å². The third-order valence-corrected chi connectivity index (χ3v) is 3.25. The minimum Gasteiger partial charge on any atom is -0.495 e. The molecule has 2 N–H and O–H groups in total. The van der Waals surface area contributed by atoms with Crippen LogP contribution in [0.5, 0.6) is 5.75 Å². The van der Waals surface area contributed by atoms with E-state index in [2.05, 4.69) is 4.90 Å². The van der Waals surface area contributed by atoms with Crippen LogP contribution in [0.2, 0.25) is 0 Å². The molecule has 1 unspecified atom stereocenters. The van der Waals surface area contributed by atoms with Crippen LogP contribution in [0.25, 0.3) is 0 Å². The lowest BCUT2D eigenvalue weighted by Crippen LogP contribution is -2.42. The van der Waals surface area contributed by atoms with Gasteiger partial charge in [-0.3, -0.25) is 0 Å². The van der Waals surface area contributed by atoms with Crippen molar-refractivity contribution in [1.29, 1.82) is 0 Å². The molecule has 1 fully saturated rings. The first-order valence-corrected chi connectivity index (χ1v) is 6.51. The minimum atomic E-state index is -0.460. The van der Waals surface area contributed by atoms with Crippen molar-refractivity contribution in [3.8, 4) is 5.75 Å². The van der Waals surface area contributed by atoms with Crippen molar-refractivity contribution in [1.82, 2.24) is 4.90 Å². The summed E-state index contributed by atoms with van der Waals surface area (Å²) >= 11 is 0. The van der Waals surface area contributed by atoms with Gasteiger partial charge in [0.05, 0.1) is 25.0 Å². The molecule has 0 saturated carbocycles. The van der Waals surface area contributed by atoms with Gasteiger partial charge in [-0.25, -0.2) is 4.79 Å². The molecule has 110 valence electrons. The van der Waals surface area contributed by atoms with Crippen LogP contribution in [0, 0.1) is 0 Å². The summed E-state index contributed by atoms with van der Waals surface area (Å²) in [6.07, 6.45) is -0.0930. The average Bonchev–Trinajstić information content (AvgIpc) is 2.45. The van der Waals surface area contributed by atoms with Crippen molar-refractivity contribution in [3.05, 3.63) is 23.8 Å². The molecule has 1 aliphatic heterocycles. The standard InChI is InChI=1S/C14H20N2O4/c1-16-6-7-19-10(8-16)9-20-14(17)11-4-3-5-12(18-2)13(11)15/h3-5,10H,6-9,15H2,1-2H3. The normalized spacial score (nSPS) is 19.6. The zero-order chi connectivity index (χ0) is 14.5. The van der Waals surface area contributed by atoms with Crippen molar-refractivity contribution < 1.29 is 19.0 Å². The van der Waals surface area contributed by atoms with E-state index in [1.165, 1.54) is 7.11 Å². The molecule has 0 radical (unpaired) electrons. The van der Waals surface area contributed by atoms with Gasteiger partial charge in [0.1, 0.15) is 18.5 Å². The predicted molar refractivity (Wildman–Crippen MR) is 74.9 cm³/mol. The van der Waals surface area contributed by atoms with E-state index in [1.807, 2.05) is 7.05 Å². The first kappa shape index (κ1) is 14.6. The minimum absolute atomic E-state index is 0.0930. The smallest absolute Gasteiger partial charge is 0.340 e. The molecule has 0 amide bonds. The fourth-order valence-electron chi connectivity index (χ4n) is 2.11. The zero-order valence-electron chi connectivity index (χ0n) is 11.8. The molecule has 0 bridgehead atoms. The molecule has 20 heavy (non-hydrogen) atoms. The molecule has 2 rings (SSSR count). The number of ether oxygens (including phenoxy) is 3. The molecule has 0 spiro atoms. The maximum Gasteiger partial charge on any atom is 0.340 e. The van der Waals surface area contributed by atoms with Gasteiger partial charge >= 0.3 is 5.97 Å². The lowest BCUT2D eigenvalue weighted by Gasteiger charge is -2.29. The van der Waals surface area contributed by atoms with Crippen molar-refractivity contribution in [3.63, 3.8) is 0 Å². The molecule has 1 heterocycles. The van der Waals surface area contributed by atoms with Crippen molar-refractivity contribution >= 4 is 11.7 Å². The average molecular weight is 280 g/mol. The molecular weight excluding hydrogens is 260 g/mol. The van der Waals surface area contributed by atoms with Crippen LogP contribution in [-0.4, -0.2) is 57.4 Å². The lowest BCUT2D eigenvalue weighted by atomic mass is 10.1. The Labute approximate surface area is 118 Å². The highest BCUT2D eigenvalue weighted by molar-refractivity contribution is 5.96. The first-order valence-electron chi connectivity index (χ1n) is 6.51. The molecule has 1 atom stereocenters. The van der Waals surface area contributed by atoms with Gasteiger partial charge in [0.15, 0.2) is 0 Å². The summed E-state index contributed by atoms with van der Waals surface area (Å²) in [4.78, 5) is 14.2. The van der Waals surface area contributed by atoms with Crippen LogP contribution >= 0.6 is 0 Å². The van der Waals surface area contributed by atoms with E-state index in [-0.39, 0.29) is 12.7 Å². The van der Waals surface area contributed by atoms with Gasteiger partial charge in [0.25, 0.3) is 0 Å². The molecular formula is C14H20N2O4. The van der Waals surface area contributed by atoms with Crippen molar-refractivity contribution in [2.45, 2.75) is 6.10 Å². The summed E-state index contributed by atoms with van der Waals surface area (Å²) < 4.78 is 15.9. The molecule has 0 aliphatic carbocycles. The SMILES string of the molecule is COc1cccc(C(=O)OCC2CN(C)CCO2)c1N. The van der Waals surface area contributed by atoms with E-state index in [1.54, 1.807) is 18.2 Å². The quantitative estimate of drug-likeness (QED) is 0.648. The summed E-state index contributed by atoms with van der Waals surface area (Å²) in [5, 5.41) is 0. The van der Waals surface area contributed by atoms with E-state index in [9.17, 15) is 4.79 Å². The number of nitrogens with zero attached hydrogens (tertiary/aromatic N) is 1. The van der Waals surface area contributed by atoms with Crippen LogP contribution < -0.4 is 10.5 Å². The highest BCUT2D eigenvalue weighted by atomic mass is 16.6. The van der Waals surface area contributed by atoms with Crippen LogP contribution in [0.3, 0.4) is 0 Å². The summed E-state index contributed by atoms with van der Waals surface area (Å²) in [5.41, 5.74) is 6.47. The maximum absolute atomic E-state index is 12.0. The van der Waals surface area contributed by atoms with Crippen LogP contribution in [0.15, 0.2) is 18.2 Å². The number of anilines is 1. The number of carbonyl (C=O) groups is 1. The monoisotopic (exact) mass is 280 g/mol. The van der Waals surface area contributed by atoms with Crippen LogP contribution in [0.1, 0.15) is 10.4 Å². The van der Waals surface area contributed by atoms with Gasteiger partial charge in [-0.1, -0.05) is 6.07 Å². The highest BCUT2D eigenvalue weighted by Gasteiger charge is 2.21. The van der Waals surface area contributed by atoms with Gasteiger partial charge in [0.2, 0.25) is 0 Å². The number of hydrogen-bond donors (Lipinski definition) is 1. The number of nitrogen functional groups attached to an aromatic ring is 1. The Balaban J connectivity index is 1.95. The van der Waals surface area contributed by atoms with E-state index in [4.69, 9.17) is 19.9 Å². The van der Waals surface area contributed by atoms with Gasteiger partial charge in [-0.15, -0.1) is 0 Å². The molecule has 1 aromatic carbocycles. The Morgan fingerprint density at radius 3 is 3.05 bits per heavy atom. The third kappa shape index (κ3) is 3.40. The second kappa shape index (κ2) is 6.58. The third-order valence-electron chi connectivity index (χ3n) is 3.25. The number of para-hydroxylation sites is 1. The number of rotatable bonds is 4. The molecule has 0 aromatic heterocycles. The molecule has 6 heteroatoms. The summed E-state index contributed by atoms with van der Waals surface area (Å²) in [7, 11) is 3.52. The topological polar surface area (TPSA) is 74.0 Å². The second-order valence-corrected chi connectivity index (χ2v) is 4.78. The summed E-state index contributed by atoms with van der Waals surface area (Å²) in [5.74, 6) is 0.00586. The second-order valence-electron chi connectivity index (χ2n) is 4.78. The molecule has 1 aliphatic rings. The number of hydrogen-bond acceptors (Lipinski definition) is 6. The van der Waals surface area contributed by atoms with Gasteiger partial charge in [-0.2, -0.15) is 0 Å². The van der Waals surface area contributed by atoms with Crippen molar-refractivity contribution in [2.75, 3.05) is 46.2 Å². The Hall–Kier alpha value is -1.79. The molecule has 6 nitrogen and oxygen atoms in total. The highest BCUT2D eigenvalue weighted by Crippen LogP contribution is 2.25. The number of carbonyl (C=O) groups excluding carboxylic acids is 1. The Kier molecular flexibility index (Phi) is 4.81. The number of nitrogens with two attached hydrogens (primary N) is 1. The Morgan fingerprint density at radius 2 is 2.35 bits per heavy atom. The number of likely N-dealkylation sites (N-methyl/N-ethyl adjacent to an activating group) is 1. The van der Waals surface area contributed by atoms with Crippen LogP contribution in [0.4, 0.5) is 5.69 Å². The van der Waals surface area contributed by atoms with Gasteiger partial charge in [0, 0.05) is 13.1 Å².